The van der Waals surface area contributed by atoms with E-state index in [1.807, 2.05) is 0 Å². The summed E-state index contributed by atoms with van der Waals surface area (Å²) in [6.45, 7) is -0.613. The van der Waals surface area contributed by atoms with Crippen LogP contribution in [0, 0.1) is 11.7 Å². The molecule has 4 aromatic rings. The number of imide groups is 1. The minimum absolute atomic E-state index is 0.199. The van der Waals surface area contributed by atoms with Gasteiger partial charge < -0.3 is 5.32 Å². The lowest BCUT2D eigenvalue weighted by atomic mass is 9.83. The molecule has 0 spiro atoms. The molecule has 220 valence electrons. The molecule has 3 aromatic carbocycles. The topological polar surface area (TPSA) is 88.5 Å². The van der Waals surface area contributed by atoms with E-state index in [1.165, 1.54) is 24.3 Å². The van der Waals surface area contributed by atoms with Gasteiger partial charge in [0, 0.05) is 15.3 Å². The van der Waals surface area contributed by atoms with Gasteiger partial charge >= 0.3 is 11.0 Å². The van der Waals surface area contributed by atoms with Crippen molar-refractivity contribution in [2.75, 3.05) is 10.2 Å². The number of nitrogens with one attached hydrogen (secondary N) is 1. The zero-order valence-electron chi connectivity index (χ0n) is 21.6. The molecule has 14 heteroatoms. The van der Waals surface area contributed by atoms with E-state index in [9.17, 15) is 36.7 Å². The van der Waals surface area contributed by atoms with Crippen molar-refractivity contribution in [1.29, 1.82) is 0 Å². The molecule has 1 N–H and O–H groups in total. The molecule has 0 radical (unpaired) electrons. The minimum Gasteiger partial charge on any atom is -0.324 e. The average Bonchev–Trinajstić information content (AvgIpc) is 3.40. The zero-order chi connectivity index (χ0) is 30.6. The van der Waals surface area contributed by atoms with Crippen molar-refractivity contribution in [2.45, 2.75) is 28.9 Å². The highest BCUT2D eigenvalue weighted by molar-refractivity contribution is 9.10. The fourth-order valence-corrected chi connectivity index (χ4v) is 8.34. The fourth-order valence-electron chi connectivity index (χ4n) is 5.30. The SMILES string of the molecule is O=C(Cn1c2c(sc1=O)C(c1ccc(Br)cc1)C1C(=O)N(c3ccc(F)cc3)C(=O)C1S2)Nc1ccccc1C(F)(F)F. The van der Waals surface area contributed by atoms with Gasteiger partial charge in [-0.05, 0) is 54.1 Å². The number of hydrogen-bond donors (Lipinski definition) is 1. The number of nitrogens with zero attached hydrogens (tertiary/aromatic N) is 2. The van der Waals surface area contributed by atoms with Crippen LogP contribution in [0.25, 0.3) is 0 Å². The van der Waals surface area contributed by atoms with Crippen molar-refractivity contribution in [3.8, 4) is 0 Å². The van der Waals surface area contributed by atoms with Gasteiger partial charge in [-0.1, -0.05) is 63.3 Å². The Morgan fingerprint density at radius 3 is 2.28 bits per heavy atom. The predicted molar refractivity (Wildman–Crippen MR) is 157 cm³/mol. The predicted octanol–water partition coefficient (Wildman–Crippen LogP) is 6.26. The van der Waals surface area contributed by atoms with Crippen molar-refractivity contribution in [2.24, 2.45) is 5.92 Å². The zero-order valence-corrected chi connectivity index (χ0v) is 24.8. The summed E-state index contributed by atoms with van der Waals surface area (Å²) < 4.78 is 55.9. The van der Waals surface area contributed by atoms with Crippen LogP contribution in [-0.4, -0.2) is 27.5 Å². The van der Waals surface area contributed by atoms with Crippen molar-refractivity contribution in [3.63, 3.8) is 0 Å². The number of benzene rings is 3. The van der Waals surface area contributed by atoms with Crippen LogP contribution in [0.3, 0.4) is 0 Å². The van der Waals surface area contributed by atoms with Gasteiger partial charge in [0.1, 0.15) is 17.6 Å². The molecule has 3 amide bonds. The Morgan fingerprint density at radius 2 is 1.60 bits per heavy atom. The van der Waals surface area contributed by atoms with Crippen molar-refractivity contribution >= 4 is 68.1 Å². The van der Waals surface area contributed by atoms with Crippen LogP contribution >= 0.6 is 39.0 Å². The molecule has 2 aliphatic rings. The third-order valence-electron chi connectivity index (χ3n) is 7.17. The lowest BCUT2D eigenvalue weighted by molar-refractivity contribution is -0.137. The Morgan fingerprint density at radius 1 is 0.930 bits per heavy atom. The Labute approximate surface area is 257 Å². The molecule has 2 aliphatic heterocycles. The van der Waals surface area contributed by atoms with Crippen LogP contribution in [-0.2, 0) is 27.1 Å². The third-order valence-corrected chi connectivity index (χ3v) is 10.3. The van der Waals surface area contributed by atoms with E-state index in [0.29, 0.717) is 10.4 Å². The summed E-state index contributed by atoms with van der Waals surface area (Å²) in [7, 11) is 0. The maximum atomic E-state index is 13.8. The molecule has 0 aliphatic carbocycles. The molecule has 3 atom stereocenters. The lowest BCUT2D eigenvalue weighted by Gasteiger charge is -2.30. The average molecular weight is 693 g/mol. The highest BCUT2D eigenvalue weighted by Gasteiger charge is 2.56. The number of hydrogen-bond acceptors (Lipinski definition) is 6. The molecule has 1 fully saturated rings. The minimum atomic E-state index is -4.71. The molecule has 0 saturated carbocycles. The number of para-hydroxylation sites is 1. The quantitative estimate of drug-likeness (QED) is 0.197. The summed E-state index contributed by atoms with van der Waals surface area (Å²) in [4.78, 5) is 54.7. The van der Waals surface area contributed by atoms with E-state index in [4.69, 9.17) is 0 Å². The van der Waals surface area contributed by atoms with Gasteiger partial charge in [0.05, 0.1) is 27.9 Å². The Hall–Kier alpha value is -3.75. The van der Waals surface area contributed by atoms with Crippen LogP contribution in [0.1, 0.15) is 21.9 Å². The second kappa shape index (κ2) is 11.1. The van der Waals surface area contributed by atoms with Crippen LogP contribution in [0.15, 0.2) is 87.1 Å². The summed E-state index contributed by atoms with van der Waals surface area (Å²) in [5.41, 5.74) is -0.640. The molecular formula is C29H18BrF4N3O4S2. The molecule has 0 bridgehead atoms. The van der Waals surface area contributed by atoms with Crippen molar-refractivity contribution < 1.29 is 31.9 Å². The van der Waals surface area contributed by atoms with Crippen LogP contribution in [0.4, 0.5) is 28.9 Å². The molecule has 43 heavy (non-hydrogen) atoms. The summed E-state index contributed by atoms with van der Waals surface area (Å²) in [6, 6.07) is 16.5. The van der Waals surface area contributed by atoms with Gasteiger partial charge in [-0.15, -0.1) is 0 Å². The number of rotatable bonds is 5. The van der Waals surface area contributed by atoms with Gasteiger partial charge in [0.2, 0.25) is 17.7 Å². The first-order valence-electron chi connectivity index (χ1n) is 12.7. The van der Waals surface area contributed by atoms with E-state index in [-0.39, 0.29) is 10.7 Å². The number of anilines is 2. The van der Waals surface area contributed by atoms with Gasteiger partial charge in [0.15, 0.2) is 0 Å². The second-order valence-corrected chi connectivity index (χ2v) is 12.8. The van der Waals surface area contributed by atoms with Crippen LogP contribution < -0.4 is 15.1 Å². The number of thiazole rings is 1. The van der Waals surface area contributed by atoms with E-state index in [1.54, 1.807) is 24.3 Å². The summed E-state index contributed by atoms with van der Waals surface area (Å²) in [6.07, 6.45) is -4.71. The summed E-state index contributed by atoms with van der Waals surface area (Å²) in [5, 5.41) is 1.55. The van der Waals surface area contributed by atoms with Crippen molar-refractivity contribution in [3.05, 3.63) is 109 Å². The number of amides is 3. The smallest absolute Gasteiger partial charge is 0.324 e. The normalized spacial score (nSPS) is 19.7. The molecule has 7 nitrogen and oxygen atoms in total. The standard InChI is InChI=1S/C29H18BrF4N3O4S2/c30-15-7-5-14(6-8-15)21-22-23(26(40)37(25(22)39)17-11-9-16(31)10-12-17)42-27-24(21)43-28(41)36(27)13-20(38)35-19-4-2-1-3-18(19)29(32,33)34/h1-12,21-23H,13H2,(H,35,38). The maximum Gasteiger partial charge on any atom is 0.418 e. The summed E-state index contributed by atoms with van der Waals surface area (Å²) in [5.74, 6) is -4.12. The van der Waals surface area contributed by atoms with E-state index in [0.717, 1.165) is 61.3 Å². The van der Waals surface area contributed by atoms with Gasteiger partial charge in [-0.25, -0.2) is 9.29 Å². The Kier molecular flexibility index (Phi) is 7.55. The second-order valence-electron chi connectivity index (χ2n) is 9.80. The first-order chi connectivity index (χ1) is 20.4. The molecule has 3 unspecified atom stereocenters. The molecule has 1 aromatic heterocycles. The first-order valence-corrected chi connectivity index (χ1v) is 15.2. The molecule has 3 heterocycles. The number of halogens is 5. The molecular weight excluding hydrogens is 674 g/mol. The number of carbonyl (C=O) groups excluding carboxylic acids is 3. The Bertz CT molecular complexity index is 1820. The van der Waals surface area contributed by atoms with Crippen LogP contribution in [0.2, 0.25) is 0 Å². The van der Waals surface area contributed by atoms with E-state index < -0.39 is 69.5 Å². The Balaban J connectivity index is 1.39. The monoisotopic (exact) mass is 691 g/mol. The first kappa shape index (κ1) is 29.3. The molecule has 1 saturated heterocycles. The third kappa shape index (κ3) is 5.31. The molecule has 6 rings (SSSR count). The fraction of sp³-hybridized carbons (Fsp3) is 0.172. The number of alkyl halides is 3. The lowest BCUT2D eigenvalue weighted by Crippen LogP contribution is -2.33. The highest BCUT2D eigenvalue weighted by Crippen LogP contribution is 2.54. The van der Waals surface area contributed by atoms with E-state index in [2.05, 4.69) is 21.2 Å². The number of carbonyl (C=O) groups is 3. The largest absolute Gasteiger partial charge is 0.418 e. The van der Waals surface area contributed by atoms with E-state index >= 15 is 0 Å². The van der Waals surface area contributed by atoms with Gasteiger partial charge in [-0.3, -0.25) is 23.7 Å². The number of aromatic nitrogens is 1. The number of fused-ring (bicyclic) bond motifs is 2. The maximum absolute atomic E-state index is 13.8. The van der Waals surface area contributed by atoms with Gasteiger partial charge in [-0.2, -0.15) is 13.2 Å². The van der Waals surface area contributed by atoms with Crippen LogP contribution in [0.5, 0.6) is 0 Å². The number of thioether (sulfide) groups is 1. The summed E-state index contributed by atoms with van der Waals surface area (Å²) >= 11 is 5.16. The van der Waals surface area contributed by atoms with Crippen molar-refractivity contribution in [1.82, 2.24) is 4.57 Å². The highest BCUT2D eigenvalue weighted by atomic mass is 79.9. The van der Waals surface area contributed by atoms with Gasteiger partial charge in [0.25, 0.3) is 0 Å².